The van der Waals surface area contributed by atoms with Crippen LogP contribution in [0.5, 0.6) is 0 Å². The summed E-state index contributed by atoms with van der Waals surface area (Å²) in [4.78, 5) is 69.5. The fourth-order valence-corrected chi connectivity index (χ4v) is 3.56. The first-order chi connectivity index (χ1) is 16.5. The third-order valence-corrected chi connectivity index (χ3v) is 5.58. The number of nitrogens with two attached hydrogens (primary N) is 1. The summed E-state index contributed by atoms with van der Waals surface area (Å²) in [5.74, 6) is -6.04. The van der Waals surface area contributed by atoms with Gasteiger partial charge in [0.15, 0.2) is 0 Å². The molecule has 0 bridgehead atoms. The highest BCUT2D eigenvalue weighted by molar-refractivity contribution is 7.99. The lowest BCUT2D eigenvalue weighted by molar-refractivity contribution is -0.142. The Morgan fingerprint density at radius 1 is 0.882 bits per heavy atom. The number of carbonyl (C=O) groups excluding carboxylic acids is 3. The zero-order valence-corrected chi connectivity index (χ0v) is 19.6. The molecule has 3 atom stereocenters. The molecule has 0 aliphatic carbocycles. The number of carbonyl (C=O) groups is 6. The van der Waals surface area contributed by atoms with E-state index in [4.69, 9.17) is 17.3 Å². The van der Waals surface area contributed by atoms with Crippen LogP contribution in [0.15, 0.2) is 0 Å². The standard InChI is InChI=1S/C20H34N4O9S/c1-2-3-4-5-6-15(25)23-13(20(32)33)7-8-16(26)24-14(18(29)22-9-17(27)28)11-34-10-12(21)19(30)31/h12-14H,2-11,21H2,1H3,(H,22,29)(H,23,25)(H,24,26)(H,27,28)(H,30,31)(H,32,33)/t12-,13-,14+/m0/s1/i1D. The largest absolute Gasteiger partial charge is 0.480 e. The number of amides is 3. The Morgan fingerprint density at radius 2 is 1.53 bits per heavy atom. The minimum Gasteiger partial charge on any atom is -0.480 e. The highest BCUT2D eigenvalue weighted by atomic mass is 32.2. The maximum atomic E-state index is 12.3. The Morgan fingerprint density at radius 3 is 2.12 bits per heavy atom. The predicted octanol–water partition coefficient (Wildman–Crippen LogP) is -0.863. The molecular formula is C20H34N4O9S. The van der Waals surface area contributed by atoms with Crippen molar-refractivity contribution in [3.8, 4) is 0 Å². The molecule has 0 saturated carbocycles. The van der Waals surface area contributed by atoms with E-state index in [1.54, 1.807) is 0 Å². The molecule has 3 amide bonds. The second-order valence-corrected chi connectivity index (χ2v) is 8.45. The van der Waals surface area contributed by atoms with Gasteiger partial charge in [-0.15, -0.1) is 0 Å². The van der Waals surface area contributed by atoms with Gasteiger partial charge in [-0.25, -0.2) is 4.79 Å². The summed E-state index contributed by atoms with van der Waals surface area (Å²) < 4.78 is 7.06. The topological polar surface area (TPSA) is 225 Å². The van der Waals surface area contributed by atoms with E-state index in [0.717, 1.165) is 31.0 Å². The molecule has 13 nitrogen and oxygen atoms in total. The Labute approximate surface area is 203 Å². The molecule has 0 fully saturated rings. The van der Waals surface area contributed by atoms with Crippen LogP contribution in [-0.2, 0) is 28.8 Å². The summed E-state index contributed by atoms with van der Waals surface area (Å²) >= 11 is 0.962. The predicted molar refractivity (Wildman–Crippen MR) is 123 cm³/mol. The monoisotopic (exact) mass is 507 g/mol. The Bertz CT molecular complexity index is 741. The van der Waals surface area contributed by atoms with Crippen LogP contribution in [0, 0.1) is 0 Å². The van der Waals surface area contributed by atoms with Crippen LogP contribution in [0.4, 0.5) is 0 Å². The molecule has 0 heterocycles. The molecule has 0 saturated heterocycles. The van der Waals surface area contributed by atoms with Crippen molar-refractivity contribution in [2.45, 2.75) is 70.0 Å². The quantitative estimate of drug-likeness (QED) is 0.106. The first kappa shape index (κ1) is 29.2. The first-order valence-electron chi connectivity index (χ1n) is 11.3. The van der Waals surface area contributed by atoms with Gasteiger partial charge in [0.25, 0.3) is 0 Å². The van der Waals surface area contributed by atoms with Gasteiger partial charge in [-0.1, -0.05) is 26.2 Å². The van der Waals surface area contributed by atoms with Crippen molar-refractivity contribution in [2.75, 3.05) is 18.1 Å². The lowest BCUT2D eigenvalue weighted by atomic mass is 10.1. The number of aliphatic carboxylic acids is 3. The summed E-state index contributed by atoms with van der Waals surface area (Å²) in [7, 11) is 0. The van der Waals surface area contributed by atoms with Crippen molar-refractivity contribution in [3.05, 3.63) is 0 Å². The van der Waals surface area contributed by atoms with Crippen LogP contribution in [0.1, 0.15) is 53.2 Å². The van der Waals surface area contributed by atoms with Gasteiger partial charge in [0.05, 0.1) is 0 Å². The second kappa shape index (κ2) is 17.6. The molecule has 34 heavy (non-hydrogen) atoms. The van der Waals surface area contributed by atoms with Crippen molar-refractivity contribution in [3.63, 3.8) is 0 Å². The summed E-state index contributed by atoms with van der Waals surface area (Å²) in [5, 5.41) is 33.7. The van der Waals surface area contributed by atoms with Crippen LogP contribution in [0.25, 0.3) is 0 Å². The van der Waals surface area contributed by atoms with E-state index in [1.807, 2.05) is 0 Å². The number of hydrogen-bond donors (Lipinski definition) is 7. The van der Waals surface area contributed by atoms with Gasteiger partial charge in [-0.3, -0.25) is 24.0 Å². The highest BCUT2D eigenvalue weighted by Gasteiger charge is 2.25. The van der Waals surface area contributed by atoms with Crippen molar-refractivity contribution in [2.24, 2.45) is 5.73 Å². The summed E-state index contributed by atoms with van der Waals surface area (Å²) in [6.07, 6.45) is 2.36. The van der Waals surface area contributed by atoms with E-state index in [9.17, 15) is 33.9 Å². The van der Waals surface area contributed by atoms with Gasteiger partial charge in [0, 0.05) is 25.7 Å². The SMILES string of the molecule is [2H]CCCCCCC(=O)N[C@@H](CCC(=O)N[C@H](CSC[C@H](N)C(=O)O)C(=O)NCC(=O)O)C(=O)O. The molecule has 14 heteroatoms. The van der Waals surface area contributed by atoms with E-state index in [2.05, 4.69) is 16.0 Å². The molecule has 0 spiro atoms. The second-order valence-electron chi connectivity index (χ2n) is 7.38. The summed E-state index contributed by atoms with van der Waals surface area (Å²) in [6, 6.07) is -3.73. The van der Waals surface area contributed by atoms with E-state index in [-0.39, 0.29) is 30.8 Å². The molecular weight excluding hydrogens is 472 g/mol. The smallest absolute Gasteiger partial charge is 0.326 e. The minimum absolute atomic E-state index is 0.0653. The fourth-order valence-electron chi connectivity index (χ4n) is 2.56. The van der Waals surface area contributed by atoms with Crippen LogP contribution in [-0.4, -0.2) is 87.1 Å². The van der Waals surface area contributed by atoms with Crippen molar-refractivity contribution in [1.82, 2.24) is 16.0 Å². The first-order valence-corrected chi connectivity index (χ1v) is 11.8. The lowest BCUT2D eigenvalue weighted by Gasteiger charge is -2.19. The lowest BCUT2D eigenvalue weighted by Crippen LogP contribution is -2.50. The molecule has 0 aliphatic rings. The zero-order chi connectivity index (χ0) is 26.8. The van der Waals surface area contributed by atoms with Crippen LogP contribution < -0.4 is 21.7 Å². The van der Waals surface area contributed by atoms with Gasteiger partial charge < -0.3 is 37.0 Å². The average Bonchev–Trinajstić information content (AvgIpc) is 2.78. The Hall–Kier alpha value is -2.87. The van der Waals surface area contributed by atoms with Gasteiger partial charge in [-0.05, 0) is 12.8 Å². The molecule has 0 unspecified atom stereocenters. The molecule has 0 aromatic heterocycles. The Kier molecular flexibility index (Phi) is 15.1. The highest BCUT2D eigenvalue weighted by Crippen LogP contribution is 2.07. The zero-order valence-electron chi connectivity index (χ0n) is 19.8. The number of rotatable bonds is 19. The third kappa shape index (κ3) is 15.1. The minimum atomic E-state index is -1.32. The maximum absolute atomic E-state index is 12.3. The van der Waals surface area contributed by atoms with Gasteiger partial charge in [0.1, 0.15) is 24.7 Å². The fraction of sp³-hybridized carbons (Fsp3) is 0.700. The number of unbranched alkanes of at least 4 members (excludes halogenated alkanes) is 3. The van der Waals surface area contributed by atoms with Crippen molar-refractivity contribution >= 4 is 47.4 Å². The van der Waals surface area contributed by atoms with E-state index in [1.165, 1.54) is 0 Å². The van der Waals surface area contributed by atoms with E-state index in [0.29, 0.717) is 13.3 Å². The average molecular weight is 508 g/mol. The number of nitrogens with one attached hydrogen (secondary N) is 3. The summed E-state index contributed by atoms with van der Waals surface area (Å²) in [5.41, 5.74) is 5.40. The number of carboxylic acids is 3. The molecule has 0 radical (unpaired) electrons. The van der Waals surface area contributed by atoms with Gasteiger partial charge in [-0.2, -0.15) is 11.8 Å². The number of carboxylic acid groups (broad SMARTS) is 3. The van der Waals surface area contributed by atoms with Crippen LogP contribution in [0.3, 0.4) is 0 Å². The van der Waals surface area contributed by atoms with E-state index < -0.39 is 60.3 Å². The van der Waals surface area contributed by atoms with Gasteiger partial charge in [0.2, 0.25) is 17.7 Å². The van der Waals surface area contributed by atoms with E-state index >= 15 is 0 Å². The normalized spacial score (nSPS) is 13.6. The number of thioether (sulfide) groups is 1. The Balaban J connectivity index is 4.79. The third-order valence-electron chi connectivity index (χ3n) is 4.41. The molecule has 0 aliphatic heterocycles. The molecule has 0 aromatic rings. The molecule has 0 aromatic carbocycles. The number of hydrogen-bond acceptors (Lipinski definition) is 8. The van der Waals surface area contributed by atoms with Crippen molar-refractivity contribution < 1.29 is 45.5 Å². The molecule has 8 N–H and O–H groups in total. The summed E-state index contributed by atoms with van der Waals surface area (Å²) in [6.45, 7) is -0.382. The van der Waals surface area contributed by atoms with Crippen molar-refractivity contribution in [1.29, 1.82) is 0 Å². The van der Waals surface area contributed by atoms with Crippen LogP contribution >= 0.6 is 11.8 Å². The molecule has 0 rings (SSSR count). The maximum Gasteiger partial charge on any atom is 0.326 e. The van der Waals surface area contributed by atoms with Crippen LogP contribution in [0.2, 0.25) is 0 Å². The van der Waals surface area contributed by atoms with Gasteiger partial charge >= 0.3 is 17.9 Å². The molecule has 194 valence electrons.